The molecule has 0 fully saturated rings. The molecule has 1 aromatic rings. The molecule has 4 nitrogen and oxygen atoms in total. The Labute approximate surface area is 95.4 Å². The minimum Gasteiger partial charge on any atom is -0.495 e. The highest BCUT2D eigenvalue weighted by molar-refractivity contribution is 5.91. The summed E-state index contributed by atoms with van der Waals surface area (Å²) in [6, 6.07) is 0.952. The van der Waals surface area contributed by atoms with E-state index in [2.05, 4.69) is 9.72 Å². The Bertz CT molecular complexity index is 418. The Morgan fingerprint density at radius 1 is 1.47 bits per heavy atom. The monoisotopic (exact) mass is 249 g/mol. The highest BCUT2D eigenvalue weighted by Crippen LogP contribution is 2.32. The van der Waals surface area contributed by atoms with Crippen LogP contribution in [0.1, 0.15) is 23.0 Å². The first-order chi connectivity index (χ1) is 7.90. The molecule has 0 aliphatic rings. The van der Waals surface area contributed by atoms with Gasteiger partial charge in [0.15, 0.2) is 5.69 Å². The number of nitrogens with zero attached hydrogens (tertiary/aromatic N) is 1. The van der Waals surface area contributed by atoms with Crippen LogP contribution >= 0.6 is 0 Å². The normalized spacial score (nSPS) is 11.1. The van der Waals surface area contributed by atoms with Gasteiger partial charge in [0, 0.05) is 0 Å². The fourth-order valence-electron chi connectivity index (χ4n) is 1.15. The zero-order valence-corrected chi connectivity index (χ0v) is 9.17. The van der Waals surface area contributed by atoms with E-state index in [1.807, 2.05) is 0 Å². The molecule has 0 saturated heterocycles. The van der Waals surface area contributed by atoms with Crippen LogP contribution in [0.15, 0.2) is 12.3 Å². The summed E-state index contributed by atoms with van der Waals surface area (Å²) in [6.45, 7) is 1.48. The third-order valence-electron chi connectivity index (χ3n) is 1.86. The van der Waals surface area contributed by atoms with E-state index in [0.29, 0.717) is 0 Å². The van der Waals surface area contributed by atoms with Crippen LogP contribution in [0.25, 0.3) is 0 Å². The third-order valence-corrected chi connectivity index (χ3v) is 1.86. The van der Waals surface area contributed by atoms with Gasteiger partial charge < -0.3 is 9.47 Å². The van der Waals surface area contributed by atoms with Crippen LogP contribution in [0.4, 0.5) is 13.2 Å². The maximum absolute atomic E-state index is 12.6. The summed E-state index contributed by atoms with van der Waals surface area (Å²) in [4.78, 5) is 14.5. The molecule has 0 saturated carbocycles. The number of aromatic nitrogens is 1. The van der Waals surface area contributed by atoms with Crippen LogP contribution in [0.5, 0.6) is 5.75 Å². The van der Waals surface area contributed by atoms with Crippen molar-refractivity contribution in [3.05, 3.63) is 23.5 Å². The molecule has 7 heteroatoms. The number of methoxy groups -OCH3 is 1. The van der Waals surface area contributed by atoms with E-state index in [-0.39, 0.29) is 12.4 Å². The van der Waals surface area contributed by atoms with Crippen molar-refractivity contribution >= 4 is 5.97 Å². The van der Waals surface area contributed by atoms with Crippen molar-refractivity contribution in [3.8, 4) is 5.75 Å². The van der Waals surface area contributed by atoms with Gasteiger partial charge in [0.1, 0.15) is 5.75 Å². The van der Waals surface area contributed by atoms with Gasteiger partial charge in [-0.2, -0.15) is 13.2 Å². The number of carbonyl (C=O) groups excluding carboxylic acids is 1. The van der Waals surface area contributed by atoms with E-state index < -0.39 is 23.4 Å². The number of pyridine rings is 1. The van der Waals surface area contributed by atoms with Crippen molar-refractivity contribution in [1.82, 2.24) is 4.98 Å². The van der Waals surface area contributed by atoms with Gasteiger partial charge >= 0.3 is 12.1 Å². The molecule has 0 radical (unpaired) electrons. The molecule has 17 heavy (non-hydrogen) atoms. The van der Waals surface area contributed by atoms with Crippen molar-refractivity contribution in [2.24, 2.45) is 0 Å². The molecule has 1 heterocycles. The summed E-state index contributed by atoms with van der Waals surface area (Å²) >= 11 is 0. The fourth-order valence-corrected chi connectivity index (χ4v) is 1.15. The molecule has 0 aromatic carbocycles. The molecule has 0 spiro atoms. The van der Waals surface area contributed by atoms with Crippen molar-refractivity contribution in [3.63, 3.8) is 0 Å². The number of esters is 1. The predicted molar refractivity (Wildman–Crippen MR) is 51.7 cm³/mol. The second kappa shape index (κ2) is 5.03. The van der Waals surface area contributed by atoms with Crippen molar-refractivity contribution < 1.29 is 27.4 Å². The molecule has 0 aliphatic heterocycles. The van der Waals surface area contributed by atoms with Gasteiger partial charge in [-0.05, 0) is 13.0 Å². The third kappa shape index (κ3) is 3.08. The number of ether oxygens (including phenoxy) is 2. The van der Waals surface area contributed by atoms with Crippen molar-refractivity contribution in [2.45, 2.75) is 13.1 Å². The summed E-state index contributed by atoms with van der Waals surface area (Å²) < 4.78 is 47.0. The first-order valence-electron chi connectivity index (χ1n) is 4.68. The zero-order valence-electron chi connectivity index (χ0n) is 9.17. The molecule has 1 rings (SSSR count). The predicted octanol–water partition coefficient (Wildman–Crippen LogP) is 2.29. The van der Waals surface area contributed by atoms with E-state index in [1.165, 1.54) is 14.0 Å². The highest BCUT2D eigenvalue weighted by atomic mass is 19.4. The van der Waals surface area contributed by atoms with E-state index in [4.69, 9.17) is 4.74 Å². The maximum Gasteiger partial charge on any atom is 0.434 e. The Morgan fingerprint density at radius 3 is 2.59 bits per heavy atom. The Kier molecular flexibility index (Phi) is 3.93. The summed E-state index contributed by atoms with van der Waals surface area (Å²) in [5, 5.41) is 0. The van der Waals surface area contributed by atoms with Gasteiger partial charge in [-0.3, -0.25) is 0 Å². The minimum absolute atomic E-state index is 0.0205. The van der Waals surface area contributed by atoms with Crippen LogP contribution in [0.3, 0.4) is 0 Å². The molecule has 0 N–H and O–H groups in total. The largest absolute Gasteiger partial charge is 0.495 e. The summed E-state index contributed by atoms with van der Waals surface area (Å²) in [6.07, 6.45) is -3.82. The molecular weight excluding hydrogens is 239 g/mol. The standard InChI is InChI=1S/C10H10F3NO3/c1-3-17-9(15)7-4-6(16-2)5-14-8(7)10(11,12)13/h4-5H,3H2,1-2H3. The lowest BCUT2D eigenvalue weighted by Crippen LogP contribution is -2.17. The van der Waals surface area contributed by atoms with Crippen LogP contribution in [0, 0.1) is 0 Å². The van der Waals surface area contributed by atoms with E-state index in [1.54, 1.807) is 0 Å². The molecule has 0 bridgehead atoms. The zero-order chi connectivity index (χ0) is 13.1. The Morgan fingerprint density at radius 2 is 2.12 bits per heavy atom. The topological polar surface area (TPSA) is 48.4 Å². The number of rotatable bonds is 3. The summed E-state index contributed by atoms with van der Waals surface area (Å²) in [7, 11) is 1.26. The van der Waals surface area contributed by atoms with Gasteiger partial charge in [0.25, 0.3) is 0 Å². The lowest BCUT2D eigenvalue weighted by atomic mass is 10.2. The smallest absolute Gasteiger partial charge is 0.434 e. The first-order valence-corrected chi connectivity index (χ1v) is 4.68. The lowest BCUT2D eigenvalue weighted by molar-refractivity contribution is -0.141. The highest BCUT2D eigenvalue weighted by Gasteiger charge is 2.38. The average molecular weight is 249 g/mol. The second-order valence-electron chi connectivity index (χ2n) is 2.99. The van der Waals surface area contributed by atoms with Crippen LogP contribution in [0.2, 0.25) is 0 Å². The van der Waals surface area contributed by atoms with Gasteiger partial charge in [-0.1, -0.05) is 0 Å². The SMILES string of the molecule is CCOC(=O)c1cc(OC)cnc1C(F)(F)F. The number of carbonyl (C=O) groups is 1. The molecule has 94 valence electrons. The molecule has 0 unspecified atom stereocenters. The molecule has 1 aromatic heterocycles. The minimum atomic E-state index is -4.71. The Balaban J connectivity index is 3.26. The number of alkyl halides is 3. The number of hydrogen-bond donors (Lipinski definition) is 0. The van der Waals surface area contributed by atoms with Crippen molar-refractivity contribution in [2.75, 3.05) is 13.7 Å². The average Bonchev–Trinajstić information content (AvgIpc) is 2.27. The molecule has 0 amide bonds. The van der Waals surface area contributed by atoms with E-state index in [9.17, 15) is 18.0 Å². The second-order valence-corrected chi connectivity index (χ2v) is 2.99. The summed E-state index contributed by atoms with van der Waals surface area (Å²) in [5.74, 6) is -1.02. The van der Waals surface area contributed by atoms with Gasteiger partial charge in [0.05, 0.1) is 25.5 Å². The van der Waals surface area contributed by atoms with Gasteiger partial charge in [0.2, 0.25) is 0 Å². The molecule has 0 aliphatic carbocycles. The van der Waals surface area contributed by atoms with E-state index >= 15 is 0 Å². The first kappa shape index (κ1) is 13.3. The van der Waals surface area contributed by atoms with Gasteiger partial charge in [-0.15, -0.1) is 0 Å². The lowest BCUT2D eigenvalue weighted by Gasteiger charge is -2.11. The van der Waals surface area contributed by atoms with Crippen LogP contribution in [-0.4, -0.2) is 24.7 Å². The maximum atomic E-state index is 12.6. The number of halogens is 3. The molecular formula is C10H10F3NO3. The fraction of sp³-hybridized carbons (Fsp3) is 0.400. The van der Waals surface area contributed by atoms with Crippen LogP contribution < -0.4 is 4.74 Å². The van der Waals surface area contributed by atoms with Crippen LogP contribution in [-0.2, 0) is 10.9 Å². The Hall–Kier alpha value is -1.79. The molecule has 0 atom stereocenters. The summed E-state index contributed by atoms with van der Waals surface area (Å²) in [5.41, 5.74) is -1.93. The van der Waals surface area contributed by atoms with Gasteiger partial charge in [-0.25, -0.2) is 9.78 Å². The number of hydrogen-bond acceptors (Lipinski definition) is 4. The van der Waals surface area contributed by atoms with E-state index in [0.717, 1.165) is 12.3 Å². The van der Waals surface area contributed by atoms with Crippen molar-refractivity contribution in [1.29, 1.82) is 0 Å². The quantitative estimate of drug-likeness (QED) is 0.771.